The molecule has 110 valence electrons. The van der Waals surface area contributed by atoms with Gasteiger partial charge in [0.05, 0.1) is 7.11 Å². The average molecular weight is 274 g/mol. The Kier molecular flexibility index (Phi) is 3.99. The van der Waals surface area contributed by atoms with Crippen molar-refractivity contribution in [2.24, 2.45) is 5.92 Å². The van der Waals surface area contributed by atoms with E-state index in [-0.39, 0.29) is 0 Å². The standard InChI is InChI=1S/C17H26N2O/c1-18-17-15-10-14(20-3)8-6-13(15)7-9-16(17)19(2)11-12-4-5-12/h6,8,10,12,16-18H,4-5,7,9,11H2,1-3H3. The van der Waals surface area contributed by atoms with E-state index in [1.165, 1.54) is 43.4 Å². The molecule has 20 heavy (non-hydrogen) atoms. The lowest BCUT2D eigenvalue weighted by Gasteiger charge is -2.39. The Morgan fingerprint density at radius 1 is 1.30 bits per heavy atom. The number of methoxy groups -OCH3 is 1. The number of benzene rings is 1. The zero-order valence-electron chi connectivity index (χ0n) is 12.9. The fourth-order valence-corrected chi connectivity index (χ4v) is 3.56. The lowest BCUT2D eigenvalue weighted by molar-refractivity contribution is 0.171. The highest BCUT2D eigenvalue weighted by atomic mass is 16.5. The summed E-state index contributed by atoms with van der Waals surface area (Å²) in [6.07, 6.45) is 5.27. The molecule has 0 aliphatic heterocycles. The summed E-state index contributed by atoms with van der Waals surface area (Å²) in [6.45, 7) is 1.25. The van der Waals surface area contributed by atoms with Gasteiger partial charge >= 0.3 is 0 Å². The summed E-state index contributed by atoms with van der Waals surface area (Å²) in [6, 6.07) is 7.54. The van der Waals surface area contributed by atoms with Gasteiger partial charge in [0.1, 0.15) is 5.75 Å². The number of nitrogens with zero attached hydrogens (tertiary/aromatic N) is 1. The van der Waals surface area contributed by atoms with Gasteiger partial charge in [0, 0.05) is 18.6 Å². The van der Waals surface area contributed by atoms with E-state index < -0.39 is 0 Å². The van der Waals surface area contributed by atoms with Gasteiger partial charge in [0.25, 0.3) is 0 Å². The topological polar surface area (TPSA) is 24.5 Å². The zero-order valence-corrected chi connectivity index (χ0v) is 12.9. The highest BCUT2D eigenvalue weighted by Crippen LogP contribution is 2.37. The molecule has 2 unspecified atom stereocenters. The van der Waals surface area contributed by atoms with E-state index in [9.17, 15) is 0 Å². The minimum Gasteiger partial charge on any atom is -0.497 e. The van der Waals surface area contributed by atoms with Crippen molar-refractivity contribution in [2.45, 2.75) is 37.8 Å². The van der Waals surface area contributed by atoms with Gasteiger partial charge in [-0.25, -0.2) is 0 Å². The van der Waals surface area contributed by atoms with Gasteiger partial charge < -0.3 is 15.0 Å². The monoisotopic (exact) mass is 274 g/mol. The molecule has 3 nitrogen and oxygen atoms in total. The molecular formula is C17H26N2O. The van der Waals surface area contributed by atoms with Crippen LogP contribution in [0, 0.1) is 5.92 Å². The maximum Gasteiger partial charge on any atom is 0.119 e. The first-order valence-corrected chi connectivity index (χ1v) is 7.77. The van der Waals surface area contributed by atoms with E-state index in [1.54, 1.807) is 7.11 Å². The van der Waals surface area contributed by atoms with E-state index in [0.29, 0.717) is 12.1 Å². The third-order valence-corrected chi connectivity index (χ3v) is 4.90. The summed E-state index contributed by atoms with van der Waals surface area (Å²) >= 11 is 0. The molecule has 1 aromatic rings. The molecule has 3 rings (SSSR count). The SMILES string of the molecule is CNC1c2cc(OC)ccc2CCC1N(C)CC1CC1. The number of ether oxygens (including phenoxy) is 1. The summed E-state index contributed by atoms with van der Waals surface area (Å²) in [7, 11) is 6.12. The molecule has 0 bridgehead atoms. The van der Waals surface area contributed by atoms with Gasteiger partial charge in [-0.3, -0.25) is 0 Å². The molecule has 1 fully saturated rings. The van der Waals surface area contributed by atoms with Crippen molar-refractivity contribution in [1.82, 2.24) is 10.2 Å². The summed E-state index contributed by atoms with van der Waals surface area (Å²) in [5, 5.41) is 3.54. The molecule has 2 aliphatic rings. The first-order valence-electron chi connectivity index (χ1n) is 7.77. The molecule has 2 atom stereocenters. The lowest BCUT2D eigenvalue weighted by Crippen LogP contribution is -2.45. The average Bonchev–Trinajstić information content (AvgIpc) is 3.29. The van der Waals surface area contributed by atoms with Gasteiger partial charge in [-0.05, 0) is 69.0 Å². The van der Waals surface area contributed by atoms with Gasteiger partial charge in [0.15, 0.2) is 0 Å². The quantitative estimate of drug-likeness (QED) is 0.893. The van der Waals surface area contributed by atoms with Crippen LogP contribution >= 0.6 is 0 Å². The third-order valence-electron chi connectivity index (χ3n) is 4.90. The number of likely N-dealkylation sites (N-methyl/N-ethyl adjacent to an activating group) is 2. The number of hydrogen-bond acceptors (Lipinski definition) is 3. The maximum atomic E-state index is 5.40. The first kappa shape index (κ1) is 13.9. The van der Waals surface area contributed by atoms with Crippen LogP contribution in [0.15, 0.2) is 18.2 Å². The van der Waals surface area contributed by atoms with Crippen LogP contribution in [0.4, 0.5) is 0 Å². The van der Waals surface area contributed by atoms with Crippen molar-refractivity contribution in [3.05, 3.63) is 29.3 Å². The fraction of sp³-hybridized carbons (Fsp3) is 0.647. The van der Waals surface area contributed by atoms with E-state index >= 15 is 0 Å². The number of hydrogen-bond donors (Lipinski definition) is 1. The molecule has 0 radical (unpaired) electrons. The van der Waals surface area contributed by atoms with Crippen LogP contribution in [-0.2, 0) is 6.42 Å². The molecule has 1 saturated carbocycles. The summed E-state index contributed by atoms with van der Waals surface area (Å²) in [4.78, 5) is 2.57. The second-order valence-electron chi connectivity index (χ2n) is 6.32. The number of aryl methyl sites for hydroxylation is 1. The molecule has 0 aromatic heterocycles. The highest BCUT2D eigenvalue weighted by Gasteiger charge is 2.34. The van der Waals surface area contributed by atoms with Crippen LogP contribution < -0.4 is 10.1 Å². The van der Waals surface area contributed by atoms with Crippen LogP contribution in [0.1, 0.15) is 36.4 Å². The first-order chi connectivity index (χ1) is 9.72. The van der Waals surface area contributed by atoms with E-state index in [0.717, 1.165) is 11.7 Å². The Balaban J connectivity index is 1.83. The van der Waals surface area contributed by atoms with Crippen LogP contribution in [0.5, 0.6) is 5.75 Å². The smallest absolute Gasteiger partial charge is 0.119 e. The van der Waals surface area contributed by atoms with E-state index in [2.05, 4.69) is 42.5 Å². The van der Waals surface area contributed by atoms with Gasteiger partial charge in [-0.1, -0.05) is 6.07 Å². The van der Waals surface area contributed by atoms with Crippen LogP contribution in [0.2, 0.25) is 0 Å². The van der Waals surface area contributed by atoms with Crippen molar-refractivity contribution in [1.29, 1.82) is 0 Å². The van der Waals surface area contributed by atoms with Crippen molar-refractivity contribution in [2.75, 3.05) is 27.7 Å². The Morgan fingerprint density at radius 3 is 2.75 bits per heavy atom. The summed E-state index contributed by atoms with van der Waals surface area (Å²) < 4.78 is 5.40. The van der Waals surface area contributed by atoms with Gasteiger partial charge in [-0.2, -0.15) is 0 Å². The van der Waals surface area contributed by atoms with Crippen LogP contribution in [0.3, 0.4) is 0 Å². The predicted octanol–water partition coefficient (Wildman–Crippen LogP) is 2.61. The predicted molar refractivity (Wildman–Crippen MR) is 82.3 cm³/mol. The largest absolute Gasteiger partial charge is 0.497 e. The molecule has 0 spiro atoms. The fourth-order valence-electron chi connectivity index (χ4n) is 3.56. The number of fused-ring (bicyclic) bond motifs is 1. The van der Waals surface area contributed by atoms with Crippen molar-refractivity contribution in [3.63, 3.8) is 0 Å². The lowest BCUT2D eigenvalue weighted by atomic mass is 9.83. The second kappa shape index (κ2) is 5.74. The van der Waals surface area contributed by atoms with Crippen molar-refractivity contribution >= 4 is 0 Å². The summed E-state index contributed by atoms with van der Waals surface area (Å²) in [5.74, 6) is 1.92. The van der Waals surface area contributed by atoms with Gasteiger partial charge in [0.2, 0.25) is 0 Å². The number of nitrogens with one attached hydrogen (secondary N) is 1. The molecule has 0 heterocycles. The molecule has 0 saturated heterocycles. The van der Waals surface area contributed by atoms with Crippen LogP contribution in [0.25, 0.3) is 0 Å². The highest BCUT2D eigenvalue weighted by molar-refractivity contribution is 5.40. The van der Waals surface area contributed by atoms with E-state index in [4.69, 9.17) is 4.74 Å². The Labute approximate surface area is 122 Å². The second-order valence-corrected chi connectivity index (χ2v) is 6.32. The van der Waals surface area contributed by atoms with Crippen molar-refractivity contribution < 1.29 is 4.74 Å². The Bertz CT molecular complexity index is 470. The minimum absolute atomic E-state index is 0.414. The third kappa shape index (κ3) is 2.70. The van der Waals surface area contributed by atoms with Crippen LogP contribution in [-0.4, -0.2) is 38.7 Å². The number of rotatable bonds is 5. The molecular weight excluding hydrogens is 248 g/mol. The molecule has 3 heteroatoms. The Morgan fingerprint density at radius 2 is 2.10 bits per heavy atom. The summed E-state index contributed by atoms with van der Waals surface area (Å²) in [5.41, 5.74) is 2.90. The van der Waals surface area contributed by atoms with E-state index in [1.807, 2.05) is 0 Å². The van der Waals surface area contributed by atoms with Gasteiger partial charge in [-0.15, -0.1) is 0 Å². The maximum absolute atomic E-state index is 5.40. The molecule has 2 aliphatic carbocycles. The molecule has 1 aromatic carbocycles. The Hall–Kier alpha value is -1.06. The zero-order chi connectivity index (χ0) is 14.1. The molecule has 1 N–H and O–H groups in total. The molecule has 0 amide bonds. The minimum atomic E-state index is 0.414. The van der Waals surface area contributed by atoms with Crippen molar-refractivity contribution in [3.8, 4) is 5.75 Å². The normalized spacial score (nSPS) is 25.6.